The van der Waals surface area contributed by atoms with Gasteiger partial charge in [0.15, 0.2) is 0 Å². The van der Waals surface area contributed by atoms with Crippen LogP contribution in [-0.2, 0) is 4.79 Å². The van der Waals surface area contributed by atoms with Gasteiger partial charge in [0.25, 0.3) is 0 Å². The molecule has 1 atom stereocenters. The lowest BCUT2D eigenvalue weighted by molar-refractivity contribution is -0.143. The molecule has 4 nitrogen and oxygen atoms in total. The van der Waals surface area contributed by atoms with Crippen molar-refractivity contribution < 1.29 is 9.90 Å². The van der Waals surface area contributed by atoms with Crippen LogP contribution in [0.4, 0.5) is 0 Å². The van der Waals surface area contributed by atoms with Crippen LogP contribution < -0.4 is 5.32 Å². The Morgan fingerprint density at radius 1 is 1.64 bits per heavy atom. The fraction of sp³-hybridized carbons (Fsp3) is 0.700. The average Bonchev–Trinajstić information content (AvgIpc) is 2.15. The predicted molar refractivity (Wildman–Crippen MR) is 55.3 cm³/mol. The third-order valence-corrected chi connectivity index (χ3v) is 2.37. The minimum Gasteiger partial charge on any atom is -0.480 e. The molecule has 0 aliphatic carbocycles. The van der Waals surface area contributed by atoms with Crippen molar-refractivity contribution in [3.05, 3.63) is 11.6 Å². The van der Waals surface area contributed by atoms with E-state index in [0.29, 0.717) is 6.54 Å². The maximum Gasteiger partial charge on any atom is 0.322 e. The standard InChI is InChI=1S/C10H18N2O2/c1-8(2)3-5-12-6-4-11-7-9(12)10(13)14/h3,9,11H,4-7H2,1-2H3,(H,13,14). The topological polar surface area (TPSA) is 52.6 Å². The SMILES string of the molecule is CC(C)=CCN1CCNCC1C(=O)O. The van der Waals surface area contributed by atoms with Gasteiger partial charge >= 0.3 is 5.97 Å². The Labute approximate surface area is 84.6 Å². The summed E-state index contributed by atoms with van der Waals surface area (Å²) in [5.41, 5.74) is 1.23. The molecular formula is C10H18N2O2. The Bertz CT molecular complexity index is 234. The second kappa shape index (κ2) is 5.12. The summed E-state index contributed by atoms with van der Waals surface area (Å²) >= 11 is 0. The van der Waals surface area contributed by atoms with Gasteiger partial charge in [-0.05, 0) is 13.8 Å². The van der Waals surface area contributed by atoms with E-state index in [0.717, 1.165) is 19.6 Å². The number of carbonyl (C=O) groups is 1. The van der Waals surface area contributed by atoms with Crippen molar-refractivity contribution in [1.82, 2.24) is 10.2 Å². The highest BCUT2D eigenvalue weighted by Crippen LogP contribution is 2.04. The monoisotopic (exact) mass is 198 g/mol. The summed E-state index contributed by atoms with van der Waals surface area (Å²) in [6, 6.07) is -0.376. The minimum absolute atomic E-state index is 0.376. The molecule has 80 valence electrons. The average molecular weight is 198 g/mol. The zero-order chi connectivity index (χ0) is 10.6. The number of rotatable bonds is 3. The van der Waals surface area contributed by atoms with Crippen LogP contribution in [0.5, 0.6) is 0 Å². The molecule has 0 aromatic carbocycles. The third-order valence-electron chi connectivity index (χ3n) is 2.37. The summed E-state index contributed by atoms with van der Waals surface area (Å²) in [6.07, 6.45) is 2.07. The van der Waals surface area contributed by atoms with Gasteiger partial charge in [-0.3, -0.25) is 9.69 Å². The van der Waals surface area contributed by atoms with E-state index in [2.05, 4.69) is 11.4 Å². The first-order valence-corrected chi connectivity index (χ1v) is 4.92. The van der Waals surface area contributed by atoms with E-state index >= 15 is 0 Å². The van der Waals surface area contributed by atoms with Gasteiger partial charge in [-0.2, -0.15) is 0 Å². The van der Waals surface area contributed by atoms with Crippen molar-refractivity contribution in [2.24, 2.45) is 0 Å². The number of nitrogens with zero attached hydrogens (tertiary/aromatic N) is 1. The number of aliphatic carboxylic acids is 1. The molecule has 1 rings (SSSR count). The molecule has 2 N–H and O–H groups in total. The van der Waals surface area contributed by atoms with E-state index in [1.54, 1.807) is 0 Å². The van der Waals surface area contributed by atoms with Crippen molar-refractivity contribution >= 4 is 5.97 Å². The fourth-order valence-electron chi connectivity index (χ4n) is 1.51. The van der Waals surface area contributed by atoms with Gasteiger partial charge < -0.3 is 10.4 Å². The van der Waals surface area contributed by atoms with Gasteiger partial charge in [0.05, 0.1) is 0 Å². The number of hydrogen-bond acceptors (Lipinski definition) is 3. The van der Waals surface area contributed by atoms with Crippen LogP contribution in [0, 0.1) is 0 Å². The first kappa shape index (κ1) is 11.2. The third kappa shape index (κ3) is 3.12. The quantitative estimate of drug-likeness (QED) is 0.641. The minimum atomic E-state index is -0.737. The molecule has 14 heavy (non-hydrogen) atoms. The summed E-state index contributed by atoms with van der Waals surface area (Å²) in [7, 11) is 0. The van der Waals surface area contributed by atoms with E-state index in [1.807, 2.05) is 18.7 Å². The number of hydrogen-bond donors (Lipinski definition) is 2. The summed E-state index contributed by atoms with van der Waals surface area (Å²) in [5.74, 6) is -0.737. The van der Waals surface area contributed by atoms with Crippen molar-refractivity contribution in [2.45, 2.75) is 19.9 Å². The lowest BCUT2D eigenvalue weighted by Gasteiger charge is -2.32. The van der Waals surface area contributed by atoms with Crippen LogP contribution in [0.3, 0.4) is 0 Å². The van der Waals surface area contributed by atoms with Crippen LogP contribution in [0.25, 0.3) is 0 Å². The number of nitrogens with one attached hydrogen (secondary N) is 1. The number of piperazine rings is 1. The van der Waals surface area contributed by atoms with Gasteiger partial charge in [-0.25, -0.2) is 0 Å². The second-order valence-corrected chi connectivity index (χ2v) is 3.83. The van der Waals surface area contributed by atoms with Crippen molar-refractivity contribution in [3.63, 3.8) is 0 Å². The largest absolute Gasteiger partial charge is 0.480 e. The molecule has 0 aromatic rings. The molecule has 1 saturated heterocycles. The zero-order valence-corrected chi connectivity index (χ0v) is 8.79. The van der Waals surface area contributed by atoms with E-state index in [9.17, 15) is 4.79 Å². The first-order chi connectivity index (χ1) is 6.61. The smallest absolute Gasteiger partial charge is 0.322 e. The van der Waals surface area contributed by atoms with Crippen molar-refractivity contribution in [2.75, 3.05) is 26.2 Å². The van der Waals surface area contributed by atoms with Crippen LogP contribution >= 0.6 is 0 Å². The van der Waals surface area contributed by atoms with Crippen LogP contribution in [0.2, 0.25) is 0 Å². The van der Waals surface area contributed by atoms with Gasteiger partial charge in [0.2, 0.25) is 0 Å². The number of carboxylic acid groups (broad SMARTS) is 1. The summed E-state index contributed by atoms with van der Waals surface area (Å²) in [5, 5.41) is 12.1. The maximum atomic E-state index is 10.9. The van der Waals surface area contributed by atoms with Crippen LogP contribution in [0.15, 0.2) is 11.6 Å². The van der Waals surface area contributed by atoms with E-state index in [1.165, 1.54) is 5.57 Å². The Kier molecular flexibility index (Phi) is 4.10. The molecule has 0 radical (unpaired) electrons. The van der Waals surface area contributed by atoms with Gasteiger partial charge in [-0.15, -0.1) is 0 Å². The number of allylic oxidation sites excluding steroid dienone is 1. The molecule has 4 heteroatoms. The highest BCUT2D eigenvalue weighted by atomic mass is 16.4. The van der Waals surface area contributed by atoms with Gasteiger partial charge in [0.1, 0.15) is 6.04 Å². The highest BCUT2D eigenvalue weighted by molar-refractivity contribution is 5.74. The maximum absolute atomic E-state index is 10.9. The molecule has 0 saturated carbocycles. The molecule has 1 aliphatic heterocycles. The zero-order valence-electron chi connectivity index (χ0n) is 8.79. The summed E-state index contributed by atoms with van der Waals surface area (Å²) in [6.45, 7) is 7.02. The summed E-state index contributed by atoms with van der Waals surface area (Å²) in [4.78, 5) is 12.9. The van der Waals surface area contributed by atoms with Crippen molar-refractivity contribution in [3.8, 4) is 0 Å². The fourth-order valence-corrected chi connectivity index (χ4v) is 1.51. The van der Waals surface area contributed by atoms with E-state index in [-0.39, 0.29) is 6.04 Å². The molecule has 1 aliphatic rings. The van der Waals surface area contributed by atoms with E-state index in [4.69, 9.17) is 5.11 Å². The Morgan fingerprint density at radius 3 is 2.93 bits per heavy atom. The Morgan fingerprint density at radius 2 is 2.36 bits per heavy atom. The summed E-state index contributed by atoms with van der Waals surface area (Å²) < 4.78 is 0. The Hall–Kier alpha value is -0.870. The lowest BCUT2D eigenvalue weighted by Crippen LogP contribution is -2.54. The van der Waals surface area contributed by atoms with Crippen LogP contribution in [0.1, 0.15) is 13.8 Å². The molecule has 0 spiro atoms. The van der Waals surface area contributed by atoms with Crippen molar-refractivity contribution in [1.29, 1.82) is 0 Å². The second-order valence-electron chi connectivity index (χ2n) is 3.83. The van der Waals surface area contributed by atoms with E-state index < -0.39 is 5.97 Å². The molecular weight excluding hydrogens is 180 g/mol. The molecule has 1 fully saturated rings. The molecule has 0 bridgehead atoms. The van der Waals surface area contributed by atoms with Gasteiger partial charge in [-0.1, -0.05) is 11.6 Å². The lowest BCUT2D eigenvalue weighted by atomic mass is 10.2. The predicted octanol–water partition coefficient (Wildman–Crippen LogP) is 0.311. The molecule has 0 aromatic heterocycles. The van der Waals surface area contributed by atoms with Gasteiger partial charge in [0, 0.05) is 26.2 Å². The molecule has 1 heterocycles. The number of carboxylic acids is 1. The normalized spacial score (nSPS) is 23.1. The van der Waals surface area contributed by atoms with Crippen LogP contribution in [-0.4, -0.2) is 48.2 Å². The first-order valence-electron chi connectivity index (χ1n) is 4.92. The highest BCUT2D eigenvalue weighted by Gasteiger charge is 2.26. The molecule has 1 unspecified atom stereocenters. The molecule has 0 amide bonds. The Balaban J connectivity index is 2.54.